The van der Waals surface area contributed by atoms with E-state index in [0.29, 0.717) is 24.9 Å². The predicted molar refractivity (Wildman–Crippen MR) is 59.8 cm³/mol. The second-order valence-corrected chi connectivity index (χ2v) is 4.43. The highest BCUT2D eigenvalue weighted by Gasteiger charge is 2.23. The standard InChI is InChI=1S/C11H16N4O/c12-10-8-5-16-6-9(8)14-11(15-10)7-2-1-3-13-4-7/h7,13H,1-6H2,(H2,12,14,15). The molecule has 2 aliphatic rings. The molecule has 5 nitrogen and oxygen atoms in total. The van der Waals surface area contributed by atoms with Crippen molar-refractivity contribution in [3.05, 3.63) is 17.1 Å². The lowest BCUT2D eigenvalue weighted by molar-refractivity contribution is 0.133. The Labute approximate surface area is 94.4 Å². The SMILES string of the molecule is Nc1nc(C2CCCNC2)nc2c1COC2. The Hall–Kier alpha value is -1.20. The largest absolute Gasteiger partial charge is 0.383 e. The maximum atomic E-state index is 5.93. The number of hydrogen-bond donors (Lipinski definition) is 2. The summed E-state index contributed by atoms with van der Waals surface area (Å²) in [6.45, 7) is 3.19. The Kier molecular flexibility index (Phi) is 2.49. The summed E-state index contributed by atoms with van der Waals surface area (Å²) >= 11 is 0. The van der Waals surface area contributed by atoms with Crippen molar-refractivity contribution in [2.45, 2.75) is 32.0 Å². The fourth-order valence-corrected chi connectivity index (χ4v) is 2.35. The topological polar surface area (TPSA) is 73.1 Å². The molecule has 3 N–H and O–H groups in total. The number of fused-ring (bicyclic) bond motifs is 1. The highest BCUT2D eigenvalue weighted by Crippen LogP contribution is 2.27. The molecule has 0 radical (unpaired) electrons. The van der Waals surface area contributed by atoms with Gasteiger partial charge in [0.05, 0.1) is 18.9 Å². The maximum Gasteiger partial charge on any atom is 0.135 e. The lowest BCUT2D eigenvalue weighted by Crippen LogP contribution is -2.29. The van der Waals surface area contributed by atoms with Gasteiger partial charge in [0.2, 0.25) is 0 Å². The normalized spacial score (nSPS) is 24.4. The molecular formula is C11H16N4O. The number of anilines is 1. The summed E-state index contributed by atoms with van der Waals surface area (Å²) in [6, 6.07) is 0. The van der Waals surface area contributed by atoms with Crippen LogP contribution in [-0.2, 0) is 18.0 Å². The van der Waals surface area contributed by atoms with E-state index < -0.39 is 0 Å². The van der Waals surface area contributed by atoms with Crippen molar-refractivity contribution in [1.82, 2.24) is 15.3 Å². The number of rotatable bonds is 1. The maximum absolute atomic E-state index is 5.93. The number of nitrogen functional groups attached to an aromatic ring is 1. The van der Waals surface area contributed by atoms with Crippen molar-refractivity contribution >= 4 is 5.82 Å². The number of hydrogen-bond acceptors (Lipinski definition) is 5. The van der Waals surface area contributed by atoms with Crippen LogP contribution in [0.2, 0.25) is 0 Å². The Bertz CT molecular complexity index is 401. The number of piperidine rings is 1. The average molecular weight is 220 g/mol. The summed E-state index contributed by atoms with van der Waals surface area (Å²) in [5.74, 6) is 1.89. The number of nitrogens with one attached hydrogen (secondary N) is 1. The van der Waals surface area contributed by atoms with Crippen LogP contribution in [0.25, 0.3) is 0 Å². The molecule has 0 saturated carbocycles. The van der Waals surface area contributed by atoms with Crippen LogP contribution >= 0.6 is 0 Å². The van der Waals surface area contributed by atoms with E-state index in [2.05, 4.69) is 15.3 Å². The quantitative estimate of drug-likeness (QED) is 0.723. The van der Waals surface area contributed by atoms with Crippen molar-refractivity contribution in [2.75, 3.05) is 18.8 Å². The number of ether oxygens (including phenoxy) is 1. The van der Waals surface area contributed by atoms with Crippen LogP contribution in [0.1, 0.15) is 35.8 Å². The number of nitrogens with two attached hydrogens (primary N) is 1. The number of nitrogens with zero attached hydrogens (tertiary/aromatic N) is 2. The molecule has 86 valence electrons. The molecule has 0 aliphatic carbocycles. The lowest BCUT2D eigenvalue weighted by Gasteiger charge is -2.22. The summed E-state index contributed by atoms with van der Waals surface area (Å²) in [5.41, 5.74) is 7.89. The average Bonchev–Trinajstić information content (AvgIpc) is 2.79. The van der Waals surface area contributed by atoms with Gasteiger partial charge in [0.1, 0.15) is 11.6 Å². The second kappa shape index (κ2) is 3.99. The molecule has 0 amide bonds. The molecule has 1 aromatic rings. The van der Waals surface area contributed by atoms with E-state index in [1.54, 1.807) is 0 Å². The monoisotopic (exact) mass is 220 g/mol. The van der Waals surface area contributed by atoms with Gasteiger partial charge in [-0.3, -0.25) is 0 Å². The minimum atomic E-state index is 0.405. The molecule has 0 spiro atoms. The fourth-order valence-electron chi connectivity index (χ4n) is 2.35. The second-order valence-electron chi connectivity index (χ2n) is 4.43. The highest BCUT2D eigenvalue weighted by atomic mass is 16.5. The van der Waals surface area contributed by atoms with Gasteiger partial charge in [-0.15, -0.1) is 0 Å². The van der Waals surface area contributed by atoms with Gasteiger partial charge in [0.25, 0.3) is 0 Å². The van der Waals surface area contributed by atoms with Crippen molar-refractivity contribution < 1.29 is 4.74 Å². The molecule has 1 atom stereocenters. The number of aromatic nitrogens is 2. The van der Waals surface area contributed by atoms with Crippen molar-refractivity contribution in [3.63, 3.8) is 0 Å². The van der Waals surface area contributed by atoms with Crippen LogP contribution in [0.3, 0.4) is 0 Å². The molecule has 1 aromatic heterocycles. The Morgan fingerprint density at radius 3 is 3.06 bits per heavy atom. The zero-order valence-corrected chi connectivity index (χ0v) is 9.20. The first-order valence-corrected chi connectivity index (χ1v) is 5.78. The van der Waals surface area contributed by atoms with E-state index in [-0.39, 0.29) is 0 Å². The lowest BCUT2D eigenvalue weighted by atomic mass is 9.98. The highest BCUT2D eigenvalue weighted by molar-refractivity contribution is 5.43. The fraction of sp³-hybridized carbons (Fsp3) is 0.636. The predicted octanol–water partition coefficient (Wildman–Crippen LogP) is 0.556. The zero-order chi connectivity index (χ0) is 11.0. The van der Waals surface area contributed by atoms with Crippen LogP contribution in [0.4, 0.5) is 5.82 Å². The first-order chi connectivity index (χ1) is 7.84. The third-order valence-corrected chi connectivity index (χ3v) is 3.29. The van der Waals surface area contributed by atoms with Gasteiger partial charge in [-0.05, 0) is 19.4 Å². The van der Waals surface area contributed by atoms with Crippen molar-refractivity contribution in [3.8, 4) is 0 Å². The van der Waals surface area contributed by atoms with E-state index >= 15 is 0 Å². The van der Waals surface area contributed by atoms with Gasteiger partial charge in [-0.1, -0.05) is 0 Å². The Balaban J connectivity index is 1.92. The molecule has 2 aliphatic heterocycles. The van der Waals surface area contributed by atoms with Crippen LogP contribution in [0.5, 0.6) is 0 Å². The van der Waals surface area contributed by atoms with Crippen LogP contribution in [0, 0.1) is 0 Å². The third kappa shape index (κ3) is 1.66. The van der Waals surface area contributed by atoms with Gasteiger partial charge < -0.3 is 15.8 Å². The minimum absolute atomic E-state index is 0.405. The van der Waals surface area contributed by atoms with E-state index in [0.717, 1.165) is 36.6 Å². The molecule has 1 unspecified atom stereocenters. The minimum Gasteiger partial charge on any atom is -0.383 e. The Morgan fingerprint density at radius 1 is 1.31 bits per heavy atom. The molecule has 3 heterocycles. The smallest absolute Gasteiger partial charge is 0.135 e. The summed E-state index contributed by atoms with van der Waals surface area (Å²) in [4.78, 5) is 9.00. The van der Waals surface area contributed by atoms with Gasteiger partial charge in [-0.25, -0.2) is 9.97 Å². The molecule has 0 aromatic carbocycles. The molecule has 0 bridgehead atoms. The van der Waals surface area contributed by atoms with Gasteiger partial charge >= 0.3 is 0 Å². The van der Waals surface area contributed by atoms with Crippen molar-refractivity contribution in [2.24, 2.45) is 0 Å². The van der Waals surface area contributed by atoms with Gasteiger partial charge in [0, 0.05) is 18.0 Å². The van der Waals surface area contributed by atoms with Crippen LogP contribution in [-0.4, -0.2) is 23.1 Å². The summed E-state index contributed by atoms with van der Waals surface area (Å²) in [7, 11) is 0. The molecule has 16 heavy (non-hydrogen) atoms. The molecule has 3 rings (SSSR count). The molecule has 1 saturated heterocycles. The summed E-state index contributed by atoms with van der Waals surface area (Å²) < 4.78 is 5.34. The summed E-state index contributed by atoms with van der Waals surface area (Å²) in [5, 5.41) is 3.37. The summed E-state index contributed by atoms with van der Waals surface area (Å²) in [6.07, 6.45) is 2.33. The third-order valence-electron chi connectivity index (χ3n) is 3.29. The van der Waals surface area contributed by atoms with E-state index in [4.69, 9.17) is 10.5 Å². The van der Waals surface area contributed by atoms with Gasteiger partial charge in [0.15, 0.2) is 0 Å². The van der Waals surface area contributed by atoms with E-state index in [9.17, 15) is 0 Å². The first kappa shape index (κ1) is 9.99. The molecule has 1 fully saturated rings. The van der Waals surface area contributed by atoms with E-state index in [1.165, 1.54) is 6.42 Å². The Morgan fingerprint density at radius 2 is 2.25 bits per heavy atom. The van der Waals surface area contributed by atoms with Crippen LogP contribution < -0.4 is 11.1 Å². The zero-order valence-electron chi connectivity index (χ0n) is 9.20. The first-order valence-electron chi connectivity index (χ1n) is 5.78. The van der Waals surface area contributed by atoms with E-state index in [1.807, 2.05) is 0 Å². The van der Waals surface area contributed by atoms with Gasteiger partial charge in [-0.2, -0.15) is 0 Å². The van der Waals surface area contributed by atoms with Crippen LogP contribution in [0.15, 0.2) is 0 Å². The molecule has 5 heteroatoms. The van der Waals surface area contributed by atoms with Crippen molar-refractivity contribution in [1.29, 1.82) is 0 Å². The molecular weight excluding hydrogens is 204 g/mol.